The fourth-order valence-corrected chi connectivity index (χ4v) is 3.73. The Bertz CT molecular complexity index is 879. The van der Waals surface area contributed by atoms with Gasteiger partial charge in [0.15, 0.2) is 5.82 Å². The fraction of sp³-hybridized carbons (Fsp3) is 0.167. The molecule has 0 fully saturated rings. The van der Waals surface area contributed by atoms with Crippen LogP contribution in [0.4, 0.5) is 0 Å². The van der Waals surface area contributed by atoms with E-state index in [1.807, 2.05) is 29.2 Å². The number of rotatable bonds is 6. The predicted molar refractivity (Wildman–Crippen MR) is 109 cm³/mol. The van der Waals surface area contributed by atoms with Crippen LogP contribution in [-0.4, -0.2) is 14.8 Å². The van der Waals surface area contributed by atoms with Crippen molar-refractivity contribution in [2.24, 2.45) is 0 Å². The Balaban J connectivity index is 2.06. The maximum Gasteiger partial charge on any atom is 0.150 e. The Kier molecular flexibility index (Phi) is 4.84. The van der Waals surface area contributed by atoms with E-state index in [0.29, 0.717) is 0 Å². The van der Waals surface area contributed by atoms with Crippen LogP contribution in [0.25, 0.3) is 0 Å². The van der Waals surface area contributed by atoms with Gasteiger partial charge in [-0.1, -0.05) is 97.9 Å². The van der Waals surface area contributed by atoms with Crippen LogP contribution < -0.4 is 0 Å². The highest BCUT2D eigenvalue weighted by atomic mass is 15.4. The van der Waals surface area contributed by atoms with Crippen molar-refractivity contribution in [3.05, 3.63) is 120 Å². The third-order valence-electron chi connectivity index (χ3n) is 4.93. The molecule has 1 heterocycles. The standard InChI is InChI=1S/C24H23N3/c1-2-12-23-25-19-27(26-23)24(20-13-6-3-7-14-20,21-15-8-4-9-16-21)22-17-10-5-11-18-22/h3-11,13-19H,2,12H2,1H3. The summed E-state index contributed by atoms with van der Waals surface area (Å²) in [5.41, 5.74) is 2.92. The molecule has 3 heteroatoms. The van der Waals surface area contributed by atoms with Gasteiger partial charge in [0.05, 0.1) is 0 Å². The third kappa shape index (κ3) is 3.06. The highest BCUT2D eigenvalue weighted by molar-refractivity contribution is 5.50. The molecule has 0 aliphatic carbocycles. The summed E-state index contributed by atoms with van der Waals surface area (Å²) in [6.45, 7) is 2.15. The zero-order chi connectivity index (χ0) is 18.5. The van der Waals surface area contributed by atoms with E-state index in [2.05, 4.69) is 84.7 Å². The number of aromatic nitrogens is 3. The third-order valence-corrected chi connectivity index (χ3v) is 4.93. The molecule has 0 saturated carbocycles. The van der Waals surface area contributed by atoms with Crippen LogP contribution in [0.2, 0.25) is 0 Å². The Morgan fingerprint density at radius 3 is 1.56 bits per heavy atom. The summed E-state index contributed by atoms with van der Waals surface area (Å²) in [6.07, 6.45) is 3.78. The van der Waals surface area contributed by atoms with E-state index in [9.17, 15) is 0 Å². The summed E-state index contributed by atoms with van der Waals surface area (Å²) in [6, 6.07) is 31.7. The molecule has 3 aromatic carbocycles. The first-order valence-electron chi connectivity index (χ1n) is 9.43. The summed E-state index contributed by atoms with van der Waals surface area (Å²) < 4.78 is 2.03. The molecule has 1 aromatic heterocycles. The Morgan fingerprint density at radius 2 is 1.15 bits per heavy atom. The molecule has 0 atom stereocenters. The van der Waals surface area contributed by atoms with Crippen molar-refractivity contribution in [2.75, 3.05) is 0 Å². The van der Waals surface area contributed by atoms with Crippen LogP contribution in [0.5, 0.6) is 0 Å². The van der Waals surface area contributed by atoms with E-state index < -0.39 is 5.54 Å². The van der Waals surface area contributed by atoms with E-state index >= 15 is 0 Å². The van der Waals surface area contributed by atoms with Crippen LogP contribution >= 0.6 is 0 Å². The first kappa shape index (κ1) is 17.2. The lowest BCUT2D eigenvalue weighted by Gasteiger charge is -2.35. The van der Waals surface area contributed by atoms with Crippen LogP contribution in [0.1, 0.15) is 35.9 Å². The van der Waals surface area contributed by atoms with Gasteiger partial charge in [0.25, 0.3) is 0 Å². The molecule has 0 amide bonds. The second-order valence-electron chi connectivity index (χ2n) is 6.66. The molecule has 0 bridgehead atoms. The number of hydrogen-bond acceptors (Lipinski definition) is 2. The van der Waals surface area contributed by atoms with Gasteiger partial charge >= 0.3 is 0 Å². The zero-order valence-corrected chi connectivity index (χ0v) is 15.5. The van der Waals surface area contributed by atoms with Gasteiger partial charge < -0.3 is 0 Å². The van der Waals surface area contributed by atoms with E-state index in [-0.39, 0.29) is 0 Å². The van der Waals surface area contributed by atoms with Gasteiger partial charge in [0, 0.05) is 6.42 Å². The zero-order valence-electron chi connectivity index (χ0n) is 15.5. The molecule has 0 radical (unpaired) electrons. The van der Waals surface area contributed by atoms with Crippen molar-refractivity contribution in [1.29, 1.82) is 0 Å². The number of hydrogen-bond donors (Lipinski definition) is 0. The second-order valence-corrected chi connectivity index (χ2v) is 6.66. The van der Waals surface area contributed by atoms with Crippen molar-refractivity contribution in [3.8, 4) is 0 Å². The van der Waals surface area contributed by atoms with Gasteiger partial charge in [-0.25, -0.2) is 9.67 Å². The second kappa shape index (κ2) is 7.58. The van der Waals surface area contributed by atoms with Crippen LogP contribution in [-0.2, 0) is 12.0 Å². The van der Waals surface area contributed by atoms with Crippen molar-refractivity contribution < 1.29 is 0 Å². The first-order chi connectivity index (χ1) is 13.4. The summed E-state index contributed by atoms with van der Waals surface area (Å²) in [4.78, 5) is 4.60. The number of nitrogens with zero attached hydrogens (tertiary/aromatic N) is 3. The topological polar surface area (TPSA) is 30.7 Å². The molecule has 3 nitrogen and oxygen atoms in total. The van der Waals surface area contributed by atoms with Crippen molar-refractivity contribution in [2.45, 2.75) is 25.3 Å². The van der Waals surface area contributed by atoms with Gasteiger partial charge in [0.2, 0.25) is 0 Å². The lowest BCUT2D eigenvalue weighted by molar-refractivity contribution is 0.455. The molecule has 0 spiro atoms. The molecule has 0 aliphatic heterocycles. The summed E-state index contributed by atoms with van der Waals surface area (Å²) in [5, 5.41) is 4.91. The molecule has 4 rings (SSSR count). The minimum Gasteiger partial charge on any atom is -0.233 e. The monoisotopic (exact) mass is 353 g/mol. The smallest absolute Gasteiger partial charge is 0.150 e. The summed E-state index contributed by atoms with van der Waals surface area (Å²) >= 11 is 0. The first-order valence-corrected chi connectivity index (χ1v) is 9.43. The lowest BCUT2D eigenvalue weighted by atomic mass is 9.77. The Morgan fingerprint density at radius 1 is 0.704 bits per heavy atom. The predicted octanol–water partition coefficient (Wildman–Crippen LogP) is 5.07. The normalized spacial score (nSPS) is 11.4. The molecular weight excluding hydrogens is 330 g/mol. The van der Waals surface area contributed by atoms with E-state index in [0.717, 1.165) is 35.4 Å². The molecule has 0 aliphatic rings. The minimum absolute atomic E-state index is 0.567. The maximum atomic E-state index is 4.91. The van der Waals surface area contributed by atoms with E-state index in [1.54, 1.807) is 0 Å². The Hall–Kier alpha value is -3.20. The molecule has 0 saturated heterocycles. The average molecular weight is 353 g/mol. The fourth-order valence-electron chi connectivity index (χ4n) is 3.73. The van der Waals surface area contributed by atoms with Gasteiger partial charge in [-0.15, -0.1) is 0 Å². The highest BCUT2D eigenvalue weighted by Crippen LogP contribution is 2.39. The van der Waals surface area contributed by atoms with E-state index in [4.69, 9.17) is 5.10 Å². The number of aryl methyl sites for hydroxylation is 1. The van der Waals surface area contributed by atoms with Crippen molar-refractivity contribution >= 4 is 0 Å². The summed E-state index contributed by atoms with van der Waals surface area (Å²) in [5.74, 6) is 0.879. The minimum atomic E-state index is -0.567. The summed E-state index contributed by atoms with van der Waals surface area (Å²) in [7, 11) is 0. The van der Waals surface area contributed by atoms with Crippen LogP contribution in [0.3, 0.4) is 0 Å². The van der Waals surface area contributed by atoms with Gasteiger partial charge in [-0.2, -0.15) is 5.10 Å². The molecule has 0 unspecified atom stereocenters. The van der Waals surface area contributed by atoms with Crippen LogP contribution in [0.15, 0.2) is 97.3 Å². The molecule has 4 aromatic rings. The van der Waals surface area contributed by atoms with Crippen molar-refractivity contribution in [1.82, 2.24) is 14.8 Å². The number of benzene rings is 3. The van der Waals surface area contributed by atoms with Crippen LogP contribution in [0, 0.1) is 0 Å². The Labute approximate surface area is 160 Å². The van der Waals surface area contributed by atoms with Crippen molar-refractivity contribution in [3.63, 3.8) is 0 Å². The van der Waals surface area contributed by atoms with Gasteiger partial charge in [0.1, 0.15) is 11.9 Å². The molecule has 27 heavy (non-hydrogen) atoms. The quantitative estimate of drug-likeness (QED) is 0.453. The lowest BCUT2D eigenvalue weighted by Crippen LogP contribution is -2.38. The largest absolute Gasteiger partial charge is 0.233 e. The molecule has 0 N–H and O–H groups in total. The van der Waals surface area contributed by atoms with Gasteiger partial charge in [-0.3, -0.25) is 0 Å². The van der Waals surface area contributed by atoms with Gasteiger partial charge in [-0.05, 0) is 23.1 Å². The average Bonchev–Trinajstić information content (AvgIpc) is 3.20. The molecular formula is C24H23N3. The molecule has 134 valence electrons. The van der Waals surface area contributed by atoms with E-state index in [1.165, 1.54) is 0 Å². The maximum absolute atomic E-state index is 4.91. The SMILES string of the molecule is CCCc1ncn(C(c2ccccc2)(c2ccccc2)c2ccccc2)n1. The highest BCUT2D eigenvalue weighted by Gasteiger charge is 2.39.